The lowest BCUT2D eigenvalue weighted by atomic mass is 9.44. The number of benzene rings is 9. The van der Waals surface area contributed by atoms with E-state index in [1.807, 2.05) is 0 Å². The largest absolute Gasteiger partial charge is 0.458 e. The Hall–Kier alpha value is -7.56. The van der Waals surface area contributed by atoms with Gasteiger partial charge >= 0.3 is 6.85 Å². The molecule has 10 aromatic rings. The van der Waals surface area contributed by atoms with Crippen molar-refractivity contribution in [1.29, 1.82) is 0 Å². The Balaban J connectivity index is 1.12. The molecule has 12 rings (SSSR count). The van der Waals surface area contributed by atoms with Gasteiger partial charge in [-0.1, -0.05) is 164 Å². The van der Waals surface area contributed by atoms with E-state index in [-0.39, 0.29) is 6.85 Å². The van der Waals surface area contributed by atoms with Gasteiger partial charge in [0.1, 0.15) is 11.5 Å². The number of rotatable bonds is 5. The smallest absolute Gasteiger partial charge is 0.336 e. The summed E-state index contributed by atoms with van der Waals surface area (Å²) in [6.07, 6.45) is 0. The number of para-hydroxylation sites is 5. The predicted octanol–water partition coefficient (Wildman–Crippen LogP) is 12.8. The molecule has 0 amide bonds. The highest BCUT2D eigenvalue weighted by atomic mass is 16.5. The maximum Gasteiger partial charge on any atom is 0.336 e. The second-order valence-corrected chi connectivity index (χ2v) is 15.2. The number of anilines is 2. The van der Waals surface area contributed by atoms with Crippen LogP contribution in [0.4, 0.5) is 11.4 Å². The number of nitrogens with zero attached hydrogens (tertiary/aromatic N) is 2. The van der Waals surface area contributed by atoms with Gasteiger partial charge in [0.2, 0.25) is 0 Å². The molecule has 3 heterocycles. The predicted molar refractivity (Wildman–Crippen MR) is 243 cm³/mol. The summed E-state index contributed by atoms with van der Waals surface area (Å²) in [6.45, 7) is -0.168. The zero-order valence-electron chi connectivity index (χ0n) is 31.6. The molecule has 0 atom stereocenters. The summed E-state index contributed by atoms with van der Waals surface area (Å²) in [5, 5.41) is 2.50. The van der Waals surface area contributed by atoms with E-state index in [0.29, 0.717) is 0 Å². The second-order valence-electron chi connectivity index (χ2n) is 15.2. The summed E-state index contributed by atoms with van der Waals surface area (Å²) in [4.78, 5) is 2.57. The van der Waals surface area contributed by atoms with Crippen LogP contribution >= 0.6 is 0 Å². The average molecular weight is 739 g/mol. The molecule has 0 saturated carbocycles. The normalized spacial score (nSPS) is 12.6. The van der Waals surface area contributed by atoms with Gasteiger partial charge in [0, 0.05) is 44.3 Å². The number of aromatic nitrogens is 1. The van der Waals surface area contributed by atoms with Gasteiger partial charge in [0.25, 0.3) is 0 Å². The lowest BCUT2D eigenvalue weighted by Gasteiger charge is -2.43. The van der Waals surface area contributed by atoms with Gasteiger partial charge in [-0.2, -0.15) is 0 Å². The standard InChI is InChI=1S/C54H35BN2O/c1-3-17-36(18-4-1)39-33-45-44-25-11-16-30-51(44)57(50-29-15-8-21-40(50)37-19-5-2-6-20-37)55-46-34-38(31-32-52(46)58-53(35-39)54(45)55)41-22-7-12-26-47(41)56-48-27-13-9-23-42(48)43-24-10-14-28-49(43)56/h1-35H. The molecule has 1 aromatic heterocycles. The van der Waals surface area contributed by atoms with Crippen LogP contribution in [0.25, 0.3) is 72.0 Å². The molecule has 0 spiro atoms. The lowest BCUT2D eigenvalue weighted by Crippen LogP contribution is -2.59. The first kappa shape index (κ1) is 32.7. The van der Waals surface area contributed by atoms with Crippen LogP contribution in [0.15, 0.2) is 212 Å². The van der Waals surface area contributed by atoms with Crippen molar-refractivity contribution in [2.45, 2.75) is 0 Å². The highest BCUT2D eigenvalue weighted by molar-refractivity contribution is 6.92. The van der Waals surface area contributed by atoms with Gasteiger partial charge in [-0.05, 0) is 81.8 Å². The highest BCUT2D eigenvalue weighted by Crippen LogP contribution is 2.48. The highest BCUT2D eigenvalue weighted by Gasteiger charge is 2.44. The van der Waals surface area contributed by atoms with E-state index in [9.17, 15) is 0 Å². The SMILES string of the molecule is c1ccc(-c2cc3c4c(c2)-c2ccccc2N(c2ccccc2-c2ccccc2)B4c2cc(-c4ccccc4-n4c5ccccc5c5ccccc54)ccc2O3)cc1. The maximum atomic E-state index is 7.08. The fraction of sp³-hybridized carbons (Fsp3) is 0. The zero-order valence-corrected chi connectivity index (χ0v) is 31.6. The van der Waals surface area contributed by atoms with Gasteiger partial charge in [-0.15, -0.1) is 0 Å². The van der Waals surface area contributed by atoms with E-state index in [1.54, 1.807) is 0 Å². The zero-order chi connectivity index (χ0) is 38.2. The van der Waals surface area contributed by atoms with E-state index >= 15 is 0 Å². The molecule has 0 fully saturated rings. The Morgan fingerprint density at radius 2 is 0.879 bits per heavy atom. The van der Waals surface area contributed by atoms with Gasteiger partial charge < -0.3 is 14.1 Å². The molecule has 4 heteroatoms. The van der Waals surface area contributed by atoms with Crippen LogP contribution in [-0.2, 0) is 0 Å². The summed E-state index contributed by atoms with van der Waals surface area (Å²) in [6, 6.07) is 76.8. The average Bonchev–Trinajstić information content (AvgIpc) is 3.63. The number of hydrogen-bond acceptors (Lipinski definition) is 2. The van der Waals surface area contributed by atoms with Crippen LogP contribution in [0, 0.1) is 0 Å². The van der Waals surface area contributed by atoms with E-state index in [2.05, 4.69) is 222 Å². The Bertz CT molecular complexity index is 3170. The van der Waals surface area contributed by atoms with E-state index < -0.39 is 0 Å². The third-order valence-corrected chi connectivity index (χ3v) is 12.0. The Morgan fingerprint density at radius 1 is 0.345 bits per heavy atom. The van der Waals surface area contributed by atoms with Crippen LogP contribution in [0.2, 0.25) is 0 Å². The minimum absolute atomic E-state index is 0.168. The lowest BCUT2D eigenvalue weighted by molar-refractivity contribution is 0.487. The maximum absolute atomic E-state index is 7.08. The molecular weight excluding hydrogens is 703 g/mol. The summed E-state index contributed by atoms with van der Waals surface area (Å²) in [5.41, 5.74) is 17.5. The van der Waals surface area contributed by atoms with Crippen molar-refractivity contribution in [2.75, 3.05) is 4.81 Å². The second kappa shape index (κ2) is 13.0. The topological polar surface area (TPSA) is 17.4 Å². The van der Waals surface area contributed by atoms with Crippen molar-refractivity contribution in [3.05, 3.63) is 212 Å². The molecule has 9 aromatic carbocycles. The first-order valence-electron chi connectivity index (χ1n) is 20.0. The third kappa shape index (κ3) is 4.95. The molecule has 3 nitrogen and oxygen atoms in total. The van der Waals surface area contributed by atoms with Crippen LogP contribution < -0.4 is 20.5 Å². The quantitative estimate of drug-likeness (QED) is 0.164. The van der Waals surface area contributed by atoms with Crippen LogP contribution in [0.3, 0.4) is 0 Å². The third-order valence-electron chi connectivity index (χ3n) is 12.0. The van der Waals surface area contributed by atoms with Crippen molar-refractivity contribution in [2.24, 2.45) is 0 Å². The molecule has 0 radical (unpaired) electrons. The minimum atomic E-state index is -0.168. The molecule has 0 unspecified atom stereocenters. The van der Waals surface area contributed by atoms with Crippen LogP contribution in [0.5, 0.6) is 11.5 Å². The van der Waals surface area contributed by atoms with Gasteiger partial charge in [0.05, 0.1) is 16.7 Å². The summed E-state index contributed by atoms with van der Waals surface area (Å²) in [7, 11) is 0. The number of hydrogen-bond donors (Lipinski definition) is 0. The van der Waals surface area contributed by atoms with E-state index in [4.69, 9.17) is 4.74 Å². The number of ether oxygens (including phenoxy) is 1. The van der Waals surface area contributed by atoms with Crippen molar-refractivity contribution >= 4 is 51.0 Å². The molecule has 270 valence electrons. The minimum Gasteiger partial charge on any atom is -0.458 e. The first-order valence-corrected chi connectivity index (χ1v) is 20.0. The first-order chi connectivity index (χ1) is 28.8. The van der Waals surface area contributed by atoms with Gasteiger partial charge in [-0.25, -0.2) is 0 Å². The monoisotopic (exact) mass is 738 g/mol. The fourth-order valence-electron chi connectivity index (χ4n) is 9.54. The Labute approximate surface area is 337 Å². The van der Waals surface area contributed by atoms with Crippen LogP contribution in [0.1, 0.15) is 0 Å². The van der Waals surface area contributed by atoms with E-state index in [1.165, 1.54) is 60.8 Å². The Morgan fingerprint density at radius 3 is 1.57 bits per heavy atom. The molecule has 2 aliphatic heterocycles. The summed E-state index contributed by atoms with van der Waals surface area (Å²) >= 11 is 0. The van der Waals surface area contributed by atoms with E-state index in [0.717, 1.165) is 45.0 Å². The molecule has 0 bridgehead atoms. The van der Waals surface area contributed by atoms with Gasteiger partial charge in [-0.3, -0.25) is 0 Å². The molecule has 0 aliphatic carbocycles. The molecule has 0 saturated heterocycles. The molecule has 2 aliphatic rings. The Kier molecular flexibility index (Phi) is 7.33. The van der Waals surface area contributed by atoms with Gasteiger partial charge in [0.15, 0.2) is 0 Å². The summed E-state index contributed by atoms with van der Waals surface area (Å²) in [5.74, 6) is 1.76. The summed E-state index contributed by atoms with van der Waals surface area (Å²) < 4.78 is 9.50. The number of fused-ring (bicyclic) bond motifs is 7. The van der Waals surface area contributed by atoms with Crippen molar-refractivity contribution in [3.8, 4) is 61.7 Å². The van der Waals surface area contributed by atoms with Crippen molar-refractivity contribution in [3.63, 3.8) is 0 Å². The van der Waals surface area contributed by atoms with Crippen molar-refractivity contribution < 1.29 is 4.74 Å². The molecular formula is C54H35BN2O. The van der Waals surface area contributed by atoms with Crippen molar-refractivity contribution in [1.82, 2.24) is 4.57 Å². The molecule has 58 heavy (non-hydrogen) atoms. The molecule has 0 N–H and O–H groups in total. The fourth-order valence-corrected chi connectivity index (χ4v) is 9.54. The van der Waals surface area contributed by atoms with Crippen LogP contribution in [-0.4, -0.2) is 11.4 Å².